The lowest BCUT2D eigenvalue weighted by Gasteiger charge is -2.14. The van der Waals surface area contributed by atoms with E-state index in [2.05, 4.69) is 33.8 Å². The van der Waals surface area contributed by atoms with Gasteiger partial charge in [0, 0.05) is 5.56 Å². The summed E-state index contributed by atoms with van der Waals surface area (Å²) in [6.45, 7) is 12.6. The number of esters is 1. The first-order valence-electron chi connectivity index (χ1n) is 8.29. The molecular formula is C20H28O3. The summed E-state index contributed by atoms with van der Waals surface area (Å²) >= 11 is 0. The van der Waals surface area contributed by atoms with Crippen LogP contribution in [0.2, 0.25) is 0 Å². The van der Waals surface area contributed by atoms with Crippen LogP contribution < -0.4 is 4.74 Å². The first-order valence-corrected chi connectivity index (χ1v) is 8.29. The van der Waals surface area contributed by atoms with Crippen molar-refractivity contribution in [3.63, 3.8) is 0 Å². The number of hydrogen-bond acceptors (Lipinski definition) is 3. The molecule has 1 aliphatic carbocycles. The van der Waals surface area contributed by atoms with Gasteiger partial charge in [-0.15, -0.1) is 0 Å². The maximum atomic E-state index is 12.4. The molecule has 126 valence electrons. The molecule has 0 aliphatic heterocycles. The first-order chi connectivity index (χ1) is 10.7. The monoisotopic (exact) mass is 316 g/mol. The smallest absolute Gasteiger partial charge is 0.310 e. The molecular weight excluding hydrogens is 288 g/mol. The van der Waals surface area contributed by atoms with E-state index in [4.69, 9.17) is 9.47 Å². The van der Waals surface area contributed by atoms with Gasteiger partial charge in [0.25, 0.3) is 0 Å². The number of carbonyl (C=O) groups excluding carboxylic acids is 1. The number of benzene rings is 1. The van der Waals surface area contributed by atoms with E-state index in [1.165, 1.54) is 5.57 Å². The maximum absolute atomic E-state index is 12.4. The van der Waals surface area contributed by atoms with Crippen LogP contribution in [0.25, 0.3) is 0 Å². The van der Waals surface area contributed by atoms with Crippen LogP contribution in [-0.4, -0.2) is 12.1 Å². The van der Waals surface area contributed by atoms with Crippen molar-refractivity contribution in [1.29, 1.82) is 0 Å². The molecule has 2 atom stereocenters. The van der Waals surface area contributed by atoms with E-state index in [-0.39, 0.29) is 35.9 Å². The lowest BCUT2D eigenvalue weighted by atomic mass is 10.1. The lowest BCUT2D eigenvalue weighted by molar-refractivity contribution is -0.147. The SMILES string of the molecule is CC(C)=C[C@@H]1[C@@H](C(=O)OCc2ccccc2OC(C)C)C1(C)C. The third-order valence-electron chi connectivity index (χ3n) is 4.38. The predicted octanol–water partition coefficient (Wildman–Crippen LogP) is 4.76. The van der Waals surface area contributed by atoms with Gasteiger partial charge < -0.3 is 9.47 Å². The van der Waals surface area contributed by atoms with Gasteiger partial charge in [-0.2, -0.15) is 0 Å². The van der Waals surface area contributed by atoms with Crippen molar-refractivity contribution < 1.29 is 14.3 Å². The van der Waals surface area contributed by atoms with Crippen LogP contribution in [0.5, 0.6) is 5.75 Å². The largest absolute Gasteiger partial charge is 0.491 e. The Labute approximate surface area is 139 Å². The van der Waals surface area contributed by atoms with Crippen LogP contribution in [0.3, 0.4) is 0 Å². The van der Waals surface area contributed by atoms with E-state index in [1.54, 1.807) is 0 Å². The van der Waals surface area contributed by atoms with E-state index in [9.17, 15) is 4.79 Å². The van der Waals surface area contributed by atoms with Gasteiger partial charge in [-0.1, -0.05) is 43.7 Å². The zero-order valence-corrected chi connectivity index (χ0v) is 15.1. The van der Waals surface area contributed by atoms with Gasteiger partial charge in [0.1, 0.15) is 12.4 Å². The molecule has 3 heteroatoms. The number of hydrogen-bond donors (Lipinski definition) is 0. The topological polar surface area (TPSA) is 35.5 Å². The molecule has 1 fully saturated rings. The summed E-state index contributed by atoms with van der Waals surface area (Å²) in [5.74, 6) is 0.904. The van der Waals surface area contributed by atoms with Gasteiger partial charge in [0.15, 0.2) is 0 Å². The molecule has 0 aromatic heterocycles. The minimum Gasteiger partial charge on any atom is -0.491 e. The summed E-state index contributed by atoms with van der Waals surface area (Å²) in [6.07, 6.45) is 2.28. The van der Waals surface area contributed by atoms with Crippen LogP contribution in [0, 0.1) is 17.3 Å². The second-order valence-corrected chi connectivity index (χ2v) is 7.45. The molecule has 3 nitrogen and oxygen atoms in total. The predicted molar refractivity (Wildman–Crippen MR) is 92.2 cm³/mol. The Morgan fingerprint density at radius 1 is 1.26 bits per heavy atom. The van der Waals surface area contributed by atoms with Crippen molar-refractivity contribution >= 4 is 5.97 Å². The molecule has 1 aromatic carbocycles. The summed E-state index contributed by atoms with van der Waals surface area (Å²) in [4.78, 5) is 12.4. The van der Waals surface area contributed by atoms with Crippen molar-refractivity contribution in [3.8, 4) is 5.75 Å². The first kappa shape index (κ1) is 17.6. The Morgan fingerprint density at radius 3 is 2.52 bits per heavy atom. The molecule has 2 rings (SSSR count). The van der Waals surface area contributed by atoms with Crippen molar-refractivity contribution in [2.75, 3.05) is 0 Å². The van der Waals surface area contributed by atoms with E-state index < -0.39 is 0 Å². The standard InChI is InChI=1S/C20H28O3/c1-13(2)11-16-18(20(16,5)6)19(21)22-12-15-9-7-8-10-17(15)23-14(3)4/h7-11,14,16,18H,12H2,1-6H3/t16-,18+/m1/s1. The Hall–Kier alpha value is -1.77. The molecule has 0 heterocycles. The van der Waals surface area contributed by atoms with Crippen molar-refractivity contribution in [3.05, 3.63) is 41.5 Å². The summed E-state index contributed by atoms with van der Waals surface area (Å²) < 4.78 is 11.3. The Bertz CT molecular complexity index is 595. The summed E-state index contributed by atoms with van der Waals surface area (Å²) in [7, 11) is 0. The molecule has 0 unspecified atom stereocenters. The van der Waals surface area contributed by atoms with Crippen LogP contribution >= 0.6 is 0 Å². The van der Waals surface area contributed by atoms with Gasteiger partial charge in [0.2, 0.25) is 0 Å². The number of ether oxygens (including phenoxy) is 2. The van der Waals surface area contributed by atoms with Crippen LogP contribution in [0.4, 0.5) is 0 Å². The average Bonchev–Trinajstić information content (AvgIpc) is 2.97. The lowest BCUT2D eigenvalue weighted by Crippen LogP contribution is -2.12. The zero-order chi connectivity index (χ0) is 17.2. The normalized spacial score (nSPS) is 21.7. The molecule has 1 aromatic rings. The summed E-state index contributed by atoms with van der Waals surface area (Å²) in [6, 6.07) is 7.72. The molecule has 0 saturated heterocycles. The van der Waals surface area contributed by atoms with Crippen molar-refractivity contribution in [2.24, 2.45) is 17.3 Å². The fourth-order valence-electron chi connectivity index (χ4n) is 3.03. The van der Waals surface area contributed by atoms with E-state index in [1.807, 2.05) is 38.1 Å². The molecule has 1 aliphatic rings. The van der Waals surface area contributed by atoms with Crippen molar-refractivity contribution in [1.82, 2.24) is 0 Å². The third-order valence-corrected chi connectivity index (χ3v) is 4.38. The molecule has 23 heavy (non-hydrogen) atoms. The van der Waals surface area contributed by atoms with E-state index >= 15 is 0 Å². The van der Waals surface area contributed by atoms with Crippen LogP contribution in [0.15, 0.2) is 35.9 Å². The molecule has 0 N–H and O–H groups in total. The van der Waals surface area contributed by atoms with E-state index in [0.717, 1.165) is 11.3 Å². The Morgan fingerprint density at radius 2 is 1.91 bits per heavy atom. The highest BCUT2D eigenvalue weighted by molar-refractivity contribution is 5.78. The fourth-order valence-corrected chi connectivity index (χ4v) is 3.03. The zero-order valence-electron chi connectivity index (χ0n) is 15.1. The minimum atomic E-state index is -0.114. The number of allylic oxidation sites excluding steroid dienone is 2. The second-order valence-electron chi connectivity index (χ2n) is 7.45. The highest BCUT2D eigenvalue weighted by Crippen LogP contribution is 2.59. The van der Waals surface area contributed by atoms with Gasteiger partial charge in [-0.05, 0) is 45.1 Å². The minimum absolute atomic E-state index is 0.0116. The Kier molecular flexibility index (Phi) is 5.18. The van der Waals surface area contributed by atoms with Gasteiger partial charge >= 0.3 is 5.97 Å². The average molecular weight is 316 g/mol. The van der Waals surface area contributed by atoms with Gasteiger partial charge in [-0.25, -0.2) is 0 Å². The Balaban J connectivity index is 2.00. The number of para-hydroxylation sites is 1. The number of carbonyl (C=O) groups is 1. The second kappa shape index (κ2) is 6.77. The number of rotatable bonds is 6. The molecule has 0 radical (unpaired) electrons. The molecule has 0 amide bonds. The van der Waals surface area contributed by atoms with Crippen LogP contribution in [-0.2, 0) is 16.1 Å². The molecule has 0 bridgehead atoms. The van der Waals surface area contributed by atoms with E-state index in [0.29, 0.717) is 0 Å². The van der Waals surface area contributed by atoms with Gasteiger partial charge in [0.05, 0.1) is 12.0 Å². The summed E-state index contributed by atoms with van der Waals surface area (Å²) in [5, 5.41) is 0. The highest BCUT2D eigenvalue weighted by Gasteiger charge is 2.61. The highest BCUT2D eigenvalue weighted by atomic mass is 16.5. The van der Waals surface area contributed by atoms with Crippen LogP contribution in [0.1, 0.15) is 47.1 Å². The molecule has 1 saturated carbocycles. The summed E-state index contributed by atoms with van der Waals surface area (Å²) in [5.41, 5.74) is 2.14. The van der Waals surface area contributed by atoms with Gasteiger partial charge in [-0.3, -0.25) is 4.79 Å². The maximum Gasteiger partial charge on any atom is 0.310 e. The van der Waals surface area contributed by atoms with Crippen molar-refractivity contribution in [2.45, 2.75) is 54.3 Å². The quantitative estimate of drug-likeness (QED) is 0.561. The fraction of sp³-hybridized carbons (Fsp3) is 0.550. The molecule has 0 spiro atoms. The third kappa shape index (κ3) is 4.15.